The molecule has 0 heterocycles. The van der Waals surface area contributed by atoms with Crippen LogP contribution in [0.3, 0.4) is 0 Å². The molecule has 1 fully saturated rings. The molecule has 2 nitrogen and oxygen atoms in total. The van der Waals surface area contributed by atoms with Gasteiger partial charge in [0.05, 0.1) is 6.54 Å². The zero-order valence-electron chi connectivity index (χ0n) is 10.7. The third-order valence-electron chi connectivity index (χ3n) is 3.92. The minimum Gasteiger partial charge on any atom is -0.330 e. The lowest BCUT2D eigenvalue weighted by molar-refractivity contribution is -0.150. The Morgan fingerprint density at radius 3 is 1.94 bits per heavy atom. The first kappa shape index (κ1) is 14.8. The van der Waals surface area contributed by atoms with E-state index >= 15 is 0 Å². The van der Waals surface area contributed by atoms with Crippen molar-refractivity contribution in [2.75, 3.05) is 19.6 Å². The fourth-order valence-electron chi connectivity index (χ4n) is 2.24. The van der Waals surface area contributed by atoms with E-state index in [-0.39, 0.29) is 11.5 Å². The smallest absolute Gasteiger partial charge is 0.330 e. The highest BCUT2D eigenvalue weighted by Crippen LogP contribution is 2.35. The van der Waals surface area contributed by atoms with Crippen molar-refractivity contribution in [2.45, 2.75) is 51.7 Å². The number of nitrogens with zero attached hydrogens (tertiary/aromatic N) is 1. The number of hydrogen-bond acceptors (Lipinski definition) is 2. The highest BCUT2D eigenvalue weighted by Gasteiger charge is 2.41. The molecule has 0 aliphatic heterocycles. The Bertz CT molecular complexity index is 224. The summed E-state index contributed by atoms with van der Waals surface area (Å²) in [6.07, 6.45) is -0.652. The van der Waals surface area contributed by atoms with Crippen molar-refractivity contribution in [3.63, 3.8) is 0 Å². The Morgan fingerprint density at radius 1 is 1.12 bits per heavy atom. The van der Waals surface area contributed by atoms with Gasteiger partial charge in [-0.3, -0.25) is 4.90 Å². The monoisotopic (exact) mass is 252 g/mol. The number of alkyl halides is 3. The van der Waals surface area contributed by atoms with Gasteiger partial charge in [-0.25, -0.2) is 0 Å². The summed E-state index contributed by atoms with van der Waals surface area (Å²) in [6.45, 7) is 4.16. The van der Waals surface area contributed by atoms with Crippen LogP contribution < -0.4 is 5.73 Å². The van der Waals surface area contributed by atoms with E-state index in [1.165, 1.54) is 0 Å². The van der Waals surface area contributed by atoms with Crippen molar-refractivity contribution in [2.24, 2.45) is 11.1 Å². The highest BCUT2D eigenvalue weighted by molar-refractivity contribution is 4.91. The number of rotatable bonds is 7. The largest absolute Gasteiger partial charge is 0.401 e. The highest BCUT2D eigenvalue weighted by atomic mass is 19.4. The lowest BCUT2D eigenvalue weighted by atomic mass is 9.82. The topological polar surface area (TPSA) is 29.3 Å². The quantitative estimate of drug-likeness (QED) is 0.755. The van der Waals surface area contributed by atoms with E-state index in [4.69, 9.17) is 5.73 Å². The van der Waals surface area contributed by atoms with E-state index in [1.807, 2.05) is 13.8 Å². The van der Waals surface area contributed by atoms with E-state index in [2.05, 4.69) is 0 Å². The summed E-state index contributed by atoms with van der Waals surface area (Å²) in [4.78, 5) is 1.58. The molecule has 0 bridgehead atoms. The van der Waals surface area contributed by atoms with Gasteiger partial charge < -0.3 is 5.73 Å². The second kappa shape index (κ2) is 5.57. The molecule has 1 aliphatic rings. The SMILES string of the molecule is CCC(CC)(CN)CN(CC(F)(F)F)C1CC1. The van der Waals surface area contributed by atoms with Gasteiger partial charge in [-0.05, 0) is 37.6 Å². The summed E-state index contributed by atoms with van der Waals surface area (Å²) in [6, 6.07) is 0.126. The van der Waals surface area contributed by atoms with Gasteiger partial charge in [0, 0.05) is 12.6 Å². The molecule has 5 heteroatoms. The Kier molecular flexibility index (Phi) is 4.84. The molecule has 0 unspecified atom stereocenters. The van der Waals surface area contributed by atoms with Crippen LogP contribution in [0.1, 0.15) is 39.5 Å². The number of halogens is 3. The van der Waals surface area contributed by atoms with Crippen LogP contribution in [0.4, 0.5) is 13.2 Å². The minimum absolute atomic E-state index is 0.126. The molecule has 0 spiro atoms. The van der Waals surface area contributed by atoms with Crippen LogP contribution in [-0.4, -0.2) is 36.8 Å². The van der Waals surface area contributed by atoms with Crippen molar-refractivity contribution in [3.8, 4) is 0 Å². The maximum Gasteiger partial charge on any atom is 0.401 e. The van der Waals surface area contributed by atoms with Crippen LogP contribution in [0.15, 0.2) is 0 Å². The molecule has 102 valence electrons. The van der Waals surface area contributed by atoms with Gasteiger partial charge in [0.25, 0.3) is 0 Å². The molecule has 0 atom stereocenters. The van der Waals surface area contributed by atoms with Crippen LogP contribution >= 0.6 is 0 Å². The predicted molar refractivity (Wildman–Crippen MR) is 62.7 cm³/mol. The van der Waals surface area contributed by atoms with Gasteiger partial charge in [0.1, 0.15) is 0 Å². The summed E-state index contributed by atoms with van der Waals surface area (Å²) in [5.74, 6) is 0. The average Bonchev–Trinajstić information content (AvgIpc) is 3.06. The first-order valence-corrected chi connectivity index (χ1v) is 6.36. The molecule has 1 rings (SSSR count). The van der Waals surface area contributed by atoms with E-state index in [0.717, 1.165) is 25.7 Å². The summed E-state index contributed by atoms with van der Waals surface area (Å²) >= 11 is 0. The number of hydrogen-bond donors (Lipinski definition) is 1. The van der Waals surface area contributed by atoms with Gasteiger partial charge in [-0.15, -0.1) is 0 Å². The van der Waals surface area contributed by atoms with Crippen LogP contribution in [0.2, 0.25) is 0 Å². The van der Waals surface area contributed by atoms with E-state index in [1.54, 1.807) is 4.90 Å². The van der Waals surface area contributed by atoms with Crippen molar-refractivity contribution in [1.82, 2.24) is 4.90 Å². The van der Waals surface area contributed by atoms with Gasteiger partial charge in [-0.1, -0.05) is 13.8 Å². The first-order valence-electron chi connectivity index (χ1n) is 6.36. The second-order valence-electron chi connectivity index (χ2n) is 5.16. The van der Waals surface area contributed by atoms with Gasteiger partial charge in [0.2, 0.25) is 0 Å². The van der Waals surface area contributed by atoms with E-state index in [0.29, 0.717) is 13.1 Å². The Morgan fingerprint density at radius 2 is 1.65 bits per heavy atom. The van der Waals surface area contributed by atoms with Gasteiger partial charge in [0.15, 0.2) is 0 Å². The number of nitrogens with two attached hydrogens (primary N) is 1. The molecule has 2 N–H and O–H groups in total. The Hall–Kier alpha value is -0.290. The minimum atomic E-state index is -4.11. The van der Waals surface area contributed by atoms with Crippen LogP contribution in [0.5, 0.6) is 0 Å². The Labute approximate surface area is 101 Å². The van der Waals surface area contributed by atoms with E-state index in [9.17, 15) is 13.2 Å². The van der Waals surface area contributed by atoms with Crippen LogP contribution in [0, 0.1) is 5.41 Å². The molecule has 0 aromatic carbocycles. The van der Waals surface area contributed by atoms with Crippen molar-refractivity contribution >= 4 is 0 Å². The molecule has 0 radical (unpaired) electrons. The molecule has 0 saturated heterocycles. The lowest BCUT2D eigenvalue weighted by Gasteiger charge is -2.36. The first-order chi connectivity index (χ1) is 7.86. The third-order valence-corrected chi connectivity index (χ3v) is 3.92. The molecule has 0 aromatic rings. The summed E-state index contributed by atoms with van der Waals surface area (Å²) in [7, 11) is 0. The van der Waals surface area contributed by atoms with Crippen LogP contribution in [-0.2, 0) is 0 Å². The van der Waals surface area contributed by atoms with E-state index < -0.39 is 12.7 Å². The molecule has 1 saturated carbocycles. The molecule has 1 aliphatic carbocycles. The van der Waals surface area contributed by atoms with Crippen molar-refractivity contribution in [1.29, 1.82) is 0 Å². The molecule has 0 amide bonds. The third kappa shape index (κ3) is 4.47. The van der Waals surface area contributed by atoms with Crippen molar-refractivity contribution in [3.05, 3.63) is 0 Å². The molecule has 0 aromatic heterocycles. The maximum atomic E-state index is 12.5. The summed E-state index contributed by atoms with van der Waals surface area (Å²) in [5, 5.41) is 0. The zero-order chi connectivity index (χ0) is 13.1. The van der Waals surface area contributed by atoms with Gasteiger partial charge in [-0.2, -0.15) is 13.2 Å². The van der Waals surface area contributed by atoms with Gasteiger partial charge >= 0.3 is 6.18 Å². The zero-order valence-corrected chi connectivity index (χ0v) is 10.7. The standard InChI is InChI=1S/C12H23F3N2/c1-3-11(4-2,7-16)8-17(10-5-6-10)9-12(13,14)15/h10H,3-9,16H2,1-2H3. The van der Waals surface area contributed by atoms with Crippen molar-refractivity contribution < 1.29 is 13.2 Å². The second-order valence-corrected chi connectivity index (χ2v) is 5.16. The molecular weight excluding hydrogens is 229 g/mol. The maximum absolute atomic E-state index is 12.5. The molecule has 17 heavy (non-hydrogen) atoms. The average molecular weight is 252 g/mol. The van der Waals surface area contributed by atoms with Crippen LogP contribution in [0.25, 0.3) is 0 Å². The molecular formula is C12H23F3N2. The summed E-state index contributed by atoms with van der Waals surface area (Å²) in [5.41, 5.74) is 5.59. The fraction of sp³-hybridized carbons (Fsp3) is 1.00. The predicted octanol–water partition coefficient (Wildman–Crippen LogP) is 2.78. The fourth-order valence-corrected chi connectivity index (χ4v) is 2.24. The lowest BCUT2D eigenvalue weighted by Crippen LogP contribution is -2.46. The summed E-state index contributed by atoms with van der Waals surface area (Å²) < 4.78 is 37.5. The Balaban J connectivity index is 2.65. The normalized spacial score (nSPS) is 17.8.